The second-order valence-electron chi connectivity index (χ2n) is 5.37. The van der Waals surface area contributed by atoms with Crippen molar-refractivity contribution in [3.8, 4) is 11.3 Å². The van der Waals surface area contributed by atoms with E-state index in [1.165, 1.54) is 17.4 Å². The van der Waals surface area contributed by atoms with E-state index >= 15 is 0 Å². The molecule has 1 amide bonds. The summed E-state index contributed by atoms with van der Waals surface area (Å²) < 4.78 is 26.3. The first-order valence-electron chi connectivity index (χ1n) is 7.24. The molecule has 122 valence electrons. The summed E-state index contributed by atoms with van der Waals surface area (Å²) in [6, 6.07) is 9.10. The highest BCUT2D eigenvalue weighted by atomic mass is 32.1. The van der Waals surface area contributed by atoms with E-state index in [1.54, 1.807) is 11.4 Å². The van der Waals surface area contributed by atoms with E-state index in [9.17, 15) is 13.6 Å². The fraction of sp³-hybridized carbons (Fsp3) is 0.111. The fourth-order valence-corrected chi connectivity index (χ4v) is 3.00. The zero-order valence-corrected chi connectivity index (χ0v) is 13.9. The van der Waals surface area contributed by atoms with Gasteiger partial charge in [0.05, 0.1) is 5.69 Å². The van der Waals surface area contributed by atoms with E-state index < -0.39 is 11.6 Å². The molecule has 0 aliphatic carbocycles. The number of carbonyl (C=O) groups is 1. The lowest BCUT2D eigenvalue weighted by atomic mass is 10.0. The van der Waals surface area contributed by atoms with E-state index in [4.69, 9.17) is 0 Å². The molecule has 2 aromatic carbocycles. The highest BCUT2D eigenvalue weighted by Crippen LogP contribution is 2.26. The Bertz CT molecular complexity index is 921. The molecule has 6 heteroatoms. The predicted molar refractivity (Wildman–Crippen MR) is 91.3 cm³/mol. The van der Waals surface area contributed by atoms with Crippen LogP contribution >= 0.6 is 11.3 Å². The van der Waals surface area contributed by atoms with Crippen LogP contribution in [0.5, 0.6) is 0 Å². The third-order valence-corrected chi connectivity index (χ3v) is 4.55. The minimum absolute atomic E-state index is 0.248. The first-order chi connectivity index (χ1) is 11.5. The molecule has 3 rings (SSSR count). The molecule has 0 saturated carbocycles. The van der Waals surface area contributed by atoms with Crippen molar-refractivity contribution in [2.75, 3.05) is 5.32 Å². The van der Waals surface area contributed by atoms with Crippen molar-refractivity contribution in [2.45, 2.75) is 13.8 Å². The minimum Gasteiger partial charge on any atom is -0.298 e. The number of benzene rings is 2. The standard InChI is InChI=1S/C18H14F2N2OS/c1-10-4-3-5-13(11(10)2)17(23)22-18-21-16(9-24-18)12-6-7-14(19)15(20)8-12/h3-9H,1-2H3,(H,21,22,23). The van der Waals surface area contributed by atoms with Crippen molar-refractivity contribution in [1.82, 2.24) is 4.98 Å². The van der Waals surface area contributed by atoms with Gasteiger partial charge in [-0.1, -0.05) is 12.1 Å². The largest absolute Gasteiger partial charge is 0.298 e. The number of amides is 1. The molecule has 0 aliphatic rings. The molecule has 3 nitrogen and oxygen atoms in total. The fourth-order valence-electron chi connectivity index (χ4n) is 2.28. The molecular weight excluding hydrogens is 330 g/mol. The number of aryl methyl sites for hydroxylation is 1. The summed E-state index contributed by atoms with van der Waals surface area (Å²) in [4.78, 5) is 16.6. The van der Waals surface area contributed by atoms with Crippen molar-refractivity contribution in [3.63, 3.8) is 0 Å². The molecule has 0 aliphatic heterocycles. The number of thiazole rings is 1. The van der Waals surface area contributed by atoms with E-state index in [0.29, 0.717) is 22.0 Å². The molecule has 1 N–H and O–H groups in total. The molecule has 1 aromatic heterocycles. The molecule has 1 heterocycles. The number of nitrogens with one attached hydrogen (secondary N) is 1. The van der Waals surface area contributed by atoms with Crippen molar-refractivity contribution in [1.29, 1.82) is 0 Å². The molecule has 0 saturated heterocycles. The van der Waals surface area contributed by atoms with Gasteiger partial charge in [-0.2, -0.15) is 0 Å². The first-order valence-corrected chi connectivity index (χ1v) is 8.12. The van der Waals surface area contributed by atoms with Crippen molar-refractivity contribution in [2.24, 2.45) is 0 Å². The van der Waals surface area contributed by atoms with Gasteiger partial charge in [-0.05, 0) is 49.2 Å². The smallest absolute Gasteiger partial charge is 0.257 e. The lowest BCUT2D eigenvalue weighted by Gasteiger charge is -2.07. The maximum absolute atomic E-state index is 13.3. The van der Waals surface area contributed by atoms with Gasteiger partial charge in [0, 0.05) is 16.5 Å². The van der Waals surface area contributed by atoms with Gasteiger partial charge in [0.25, 0.3) is 5.91 Å². The van der Waals surface area contributed by atoms with Gasteiger partial charge in [0.15, 0.2) is 16.8 Å². The third-order valence-electron chi connectivity index (χ3n) is 3.79. The Morgan fingerprint density at radius 3 is 2.67 bits per heavy atom. The van der Waals surface area contributed by atoms with Crippen LogP contribution in [0.1, 0.15) is 21.5 Å². The van der Waals surface area contributed by atoms with E-state index in [2.05, 4.69) is 10.3 Å². The van der Waals surface area contributed by atoms with Gasteiger partial charge in [0.1, 0.15) is 0 Å². The van der Waals surface area contributed by atoms with Gasteiger partial charge in [-0.25, -0.2) is 13.8 Å². The lowest BCUT2D eigenvalue weighted by molar-refractivity contribution is 0.102. The van der Waals surface area contributed by atoms with Crippen LogP contribution in [0.3, 0.4) is 0 Å². The second-order valence-corrected chi connectivity index (χ2v) is 6.23. The van der Waals surface area contributed by atoms with Crippen LogP contribution in [0, 0.1) is 25.5 Å². The van der Waals surface area contributed by atoms with Gasteiger partial charge in [-0.15, -0.1) is 11.3 Å². The molecule has 24 heavy (non-hydrogen) atoms. The summed E-state index contributed by atoms with van der Waals surface area (Å²) in [5, 5.41) is 4.83. The summed E-state index contributed by atoms with van der Waals surface area (Å²) in [5.41, 5.74) is 3.46. The van der Waals surface area contributed by atoms with Gasteiger partial charge in [0.2, 0.25) is 0 Å². The Labute approximate surface area is 142 Å². The number of carbonyl (C=O) groups excluding carboxylic acids is 1. The quantitative estimate of drug-likeness (QED) is 0.730. The SMILES string of the molecule is Cc1cccc(C(=O)Nc2nc(-c3ccc(F)c(F)c3)cs2)c1C. The number of aromatic nitrogens is 1. The summed E-state index contributed by atoms with van der Waals surface area (Å²) in [6.45, 7) is 3.83. The molecule has 0 spiro atoms. The molecule has 3 aromatic rings. The van der Waals surface area contributed by atoms with Crippen LogP contribution in [-0.4, -0.2) is 10.9 Å². The Morgan fingerprint density at radius 1 is 1.12 bits per heavy atom. The Kier molecular flexibility index (Phi) is 4.40. The summed E-state index contributed by atoms with van der Waals surface area (Å²) >= 11 is 1.23. The molecular formula is C18H14F2N2OS. The van der Waals surface area contributed by atoms with E-state index in [0.717, 1.165) is 23.3 Å². The third kappa shape index (κ3) is 3.19. The number of rotatable bonds is 3. The molecule has 0 fully saturated rings. The lowest BCUT2D eigenvalue weighted by Crippen LogP contribution is -2.13. The van der Waals surface area contributed by atoms with Crippen molar-refractivity contribution >= 4 is 22.4 Å². The van der Waals surface area contributed by atoms with Crippen LogP contribution < -0.4 is 5.32 Å². The average Bonchev–Trinajstić information content (AvgIpc) is 3.01. The second kappa shape index (κ2) is 6.49. The summed E-state index contributed by atoms with van der Waals surface area (Å²) in [5.74, 6) is -2.08. The van der Waals surface area contributed by atoms with E-state index in [1.807, 2.05) is 26.0 Å². The number of nitrogens with zero attached hydrogens (tertiary/aromatic N) is 1. The maximum Gasteiger partial charge on any atom is 0.257 e. The minimum atomic E-state index is -0.929. The summed E-state index contributed by atoms with van der Waals surface area (Å²) in [7, 11) is 0. The average molecular weight is 344 g/mol. The van der Waals surface area contributed by atoms with Crippen LogP contribution in [-0.2, 0) is 0 Å². The van der Waals surface area contributed by atoms with Crippen molar-refractivity contribution in [3.05, 3.63) is 70.1 Å². The van der Waals surface area contributed by atoms with Crippen LogP contribution in [0.2, 0.25) is 0 Å². The topological polar surface area (TPSA) is 42.0 Å². The molecule has 0 radical (unpaired) electrons. The maximum atomic E-state index is 13.3. The zero-order valence-electron chi connectivity index (χ0n) is 13.1. The molecule has 0 unspecified atom stereocenters. The van der Waals surface area contributed by atoms with Gasteiger partial charge < -0.3 is 0 Å². The highest BCUT2D eigenvalue weighted by molar-refractivity contribution is 7.14. The zero-order chi connectivity index (χ0) is 17.3. The number of halogens is 2. The van der Waals surface area contributed by atoms with Crippen LogP contribution in [0.15, 0.2) is 41.8 Å². The highest BCUT2D eigenvalue weighted by Gasteiger charge is 2.13. The Balaban J connectivity index is 1.82. The van der Waals surface area contributed by atoms with Gasteiger partial charge in [-0.3, -0.25) is 10.1 Å². The predicted octanol–water partition coefficient (Wildman–Crippen LogP) is 4.96. The van der Waals surface area contributed by atoms with Crippen molar-refractivity contribution < 1.29 is 13.6 Å². The molecule has 0 bridgehead atoms. The number of hydrogen-bond donors (Lipinski definition) is 1. The Hall–Kier alpha value is -2.60. The van der Waals surface area contributed by atoms with Gasteiger partial charge >= 0.3 is 0 Å². The van der Waals surface area contributed by atoms with E-state index in [-0.39, 0.29) is 5.91 Å². The van der Waals surface area contributed by atoms with Crippen LogP contribution in [0.25, 0.3) is 11.3 Å². The number of anilines is 1. The Morgan fingerprint density at radius 2 is 1.92 bits per heavy atom. The normalized spacial score (nSPS) is 10.7. The first kappa shape index (κ1) is 16.3. The molecule has 0 atom stereocenters. The monoisotopic (exact) mass is 344 g/mol. The van der Waals surface area contributed by atoms with Crippen LogP contribution in [0.4, 0.5) is 13.9 Å². The summed E-state index contributed by atoms with van der Waals surface area (Å²) in [6.07, 6.45) is 0. The number of hydrogen-bond acceptors (Lipinski definition) is 3.